The van der Waals surface area contributed by atoms with E-state index in [0.29, 0.717) is 6.54 Å². The molecular formula is C4H3NO2. The van der Waals surface area contributed by atoms with Gasteiger partial charge in [-0.3, -0.25) is 4.79 Å². The Labute approximate surface area is 40.0 Å². The molecule has 0 aromatic rings. The lowest BCUT2D eigenvalue weighted by atomic mass is 10.2. The van der Waals surface area contributed by atoms with Crippen LogP contribution in [0.25, 0.3) is 0 Å². The molecular weight excluding hydrogens is 94.0 g/mol. The van der Waals surface area contributed by atoms with E-state index in [4.69, 9.17) is 0 Å². The second-order valence-corrected chi connectivity index (χ2v) is 1.25. The predicted molar refractivity (Wildman–Crippen MR) is 22.2 cm³/mol. The number of carbonyl (C=O) groups is 1. The van der Waals surface area contributed by atoms with Crippen LogP contribution in [0.1, 0.15) is 0 Å². The minimum atomic E-state index is -0.144. The quantitative estimate of drug-likeness (QED) is 0.307. The summed E-state index contributed by atoms with van der Waals surface area (Å²) in [6.07, 6.45) is 0. The summed E-state index contributed by atoms with van der Waals surface area (Å²) in [7, 11) is 0. The van der Waals surface area contributed by atoms with E-state index in [1.54, 1.807) is 0 Å². The third kappa shape index (κ3) is 0.426. The average molecular weight is 97.1 g/mol. The maximum absolute atomic E-state index is 10.1. The largest absolute Gasteiger partial charge is 0.366 e. The van der Waals surface area contributed by atoms with Gasteiger partial charge in [-0.15, -0.1) is 0 Å². The summed E-state index contributed by atoms with van der Waals surface area (Å²) in [5.41, 5.74) is 0.0833. The highest BCUT2D eigenvalue weighted by Crippen LogP contribution is 1.93. The number of hydrogen-bond donors (Lipinski definition) is 1. The van der Waals surface area contributed by atoms with Gasteiger partial charge in [-0.2, -0.15) is 0 Å². The number of hydrogen-bond acceptors (Lipinski definition) is 3. The Kier molecular flexibility index (Phi) is 0.704. The van der Waals surface area contributed by atoms with Crippen LogP contribution in [-0.4, -0.2) is 18.3 Å². The summed E-state index contributed by atoms with van der Waals surface area (Å²) in [4.78, 5) is 19.7. The standard InChI is InChI=1S/C4H3NO2/c6-2-3-4(7)1-5-3/h5H,1H2. The van der Waals surface area contributed by atoms with Crippen LogP contribution in [0.2, 0.25) is 0 Å². The molecule has 0 aromatic heterocycles. The van der Waals surface area contributed by atoms with E-state index in [1.807, 2.05) is 0 Å². The van der Waals surface area contributed by atoms with Gasteiger partial charge in [0.1, 0.15) is 0 Å². The average Bonchev–Trinajstić information content (AvgIpc) is 1.65. The first-order valence-electron chi connectivity index (χ1n) is 1.87. The summed E-state index contributed by atoms with van der Waals surface area (Å²) < 4.78 is 0. The van der Waals surface area contributed by atoms with Crippen molar-refractivity contribution < 1.29 is 9.59 Å². The minimum Gasteiger partial charge on any atom is -0.366 e. The molecule has 0 saturated carbocycles. The molecule has 0 aliphatic carbocycles. The van der Waals surface area contributed by atoms with E-state index in [1.165, 1.54) is 5.94 Å². The highest BCUT2D eigenvalue weighted by molar-refractivity contribution is 6.08. The number of carbonyl (C=O) groups excluding carboxylic acids is 2. The number of ketones is 1. The molecule has 7 heavy (non-hydrogen) atoms. The van der Waals surface area contributed by atoms with Gasteiger partial charge >= 0.3 is 0 Å². The molecule has 0 spiro atoms. The van der Waals surface area contributed by atoms with Crippen molar-refractivity contribution in [2.75, 3.05) is 6.54 Å². The van der Waals surface area contributed by atoms with Crippen LogP contribution < -0.4 is 5.32 Å². The number of nitrogens with one attached hydrogen (secondary N) is 1. The predicted octanol–water partition coefficient (Wildman–Crippen LogP) is -1.13. The number of Topliss-reactive ketones (excluding diaryl/α,β-unsaturated/α-hetero) is 1. The zero-order valence-corrected chi connectivity index (χ0v) is 3.52. The maximum Gasteiger partial charge on any atom is 0.209 e. The van der Waals surface area contributed by atoms with E-state index in [9.17, 15) is 9.59 Å². The monoisotopic (exact) mass is 97.0 g/mol. The molecule has 0 aromatic carbocycles. The zero-order chi connectivity index (χ0) is 5.28. The van der Waals surface area contributed by atoms with E-state index in [2.05, 4.69) is 5.32 Å². The maximum atomic E-state index is 10.1. The summed E-state index contributed by atoms with van der Waals surface area (Å²) in [5, 5.41) is 2.49. The van der Waals surface area contributed by atoms with E-state index >= 15 is 0 Å². The van der Waals surface area contributed by atoms with Gasteiger partial charge in [0.05, 0.1) is 6.54 Å². The normalized spacial score (nSPS) is 17.1. The molecule has 1 rings (SSSR count). The van der Waals surface area contributed by atoms with E-state index < -0.39 is 0 Å². The van der Waals surface area contributed by atoms with Gasteiger partial charge in [-0.05, 0) is 0 Å². The zero-order valence-electron chi connectivity index (χ0n) is 3.52. The van der Waals surface area contributed by atoms with Gasteiger partial charge in [0, 0.05) is 0 Å². The fourth-order valence-electron chi connectivity index (χ4n) is 0.342. The molecule has 0 radical (unpaired) electrons. The molecule has 1 heterocycles. The van der Waals surface area contributed by atoms with Crippen LogP contribution >= 0.6 is 0 Å². The molecule has 3 heteroatoms. The van der Waals surface area contributed by atoms with Crippen molar-refractivity contribution in [2.24, 2.45) is 0 Å². The molecule has 36 valence electrons. The molecule has 1 aliphatic heterocycles. The molecule has 1 fully saturated rings. The molecule has 0 bridgehead atoms. The van der Waals surface area contributed by atoms with Crippen molar-refractivity contribution in [1.29, 1.82) is 0 Å². The van der Waals surface area contributed by atoms with Crippen molar-refractivity contribution in [3.63, 3.8) is 0 Å². The summed E-state index contributed by atoms with van der Waals surface area (Å²) >= 11 is 0. The summed E-state index contributed by atoms with van der Waals surface area (Å²) in [6, 6.07) is 0. The first kappa shape index (κ1) is 4.09. The van der Waals surface area contributed by atoms with Gasteiger partial charge in [0.25, 0.3) is 0 Å². The molecule has 1 saturated heterocycles. The van der Waals surface area contributed by atoms with Crippen LogP contribution in [0.5, 0.6) is 0 Å². The Morgan fingerprint density at radius 1 is 1.71 bits per heavy atom. The minimum absolute atomic E-state index is 0.0833. The van der Waals surface area contributed by atoms with Crippen LogP contribution in [0.15, 0.2) is 5.70 Å². The summed E-state index contributed by atoms with van der Waals surface area (Å²) in [5.74, 6) is 1.31. The van der Waals surface area contributed by atoms with Crippen LogP contribution in [0.3, 0.4) is 0 Å². The van der Waals surface area contributed by atoms with Crippen molar-refractivity contribution in [2.45, 2.75) is 0 Å². The molecule has 0 atom stereocenters. The lowest BCUT2D eigenvalue weighted by molar-refractivity contribution is -0.117. The van der Waals surface area contributed by atoms with Gasteiger partial charge in [0.15, 0.2) is 11.6 Å². The first-order chi connectivity index (χ1) is 3.34. The number of rotatable bonds is 0. The Bertz CT molecular complexity index is 155. The van der Waals surface area contributed by atoms with Crippen molar-refractivity contribution in [3.05, 3.63) is 5.70 Å². The smallest absolute Gasteiger partial charge is 0.209 e. The third-order valence-corrected chi connectivity index (χ3v) is 0.807. The van der Waals surface area contributed by atoms with Crippen molar-refractivity contribution >= 4 is 11.7 Å². The van der Waals surface area contributed by atoms with Gasteiger partial charge in [0.2, 0.25) is 5.78 Å². The lowest BCUT2D eigenvalue weighted by Gasteiger charge is -2.12. The van der Waals surface area contributed by atoms with Crippen LogP contribution in [0, 0.1) is 0 Å². The summed E-state index contributed by atoms with van der Waals surface area (Å²) in [6.45, 7) is 0.296. The molecule has 3 nitrogen and oxygen atoms in total. The van der Waals surface area contributed by atoms with Crippen LogP contribution in [0.4, 0.5) is 0 Å². The third-order valence-electron chi connectivity index (χ3n) is 0.807. The molecule has 1 N–H and O–H groups in total. The van der Waals surface area contributed by atoms with E-state index in [-0.39, 0.29) is 11.5 Å². The van der Waals surface area contributed by atoms with Gasteiger partial charge < -0.3 is 5.32 Å². The van der Waals surface area contributed by atoms with E-state index in [0.717, 1.165) is 0 Å². The highest BCUT2D eigenvalue weighted by Gasteiger charge is 2.19. The van der Waals surface area contributed by atoms with Crippen molar-refractivity contribution in [1.82, 2.24) is 5.32 Å². The first-order valence-corrected chi connectivity index (χ1v) is 1.87. The Morgan fingerprint density at radius 3 is 2.43 bits per heavy atom. The highest BCUT2D eigenvalue weighted by atomic mass is 16.1. The fraction of sp³-hybridized carbons (Fsp3) is 0.250. The molecule has 0 unspecified atom stereocenters. The van der Waals surface area contributed by atoms with Crippen molar-refractivity contribution in [3.8, 4) is 0 Å². The van der Waals surface area contributed by atoms with Gasteiger partial charge in [-0.25, -0.2) is 4.79 Å². The Morgan fingerprint density at radius 2 is 2.43 bits per heavy atom. The Balaban J connectivity index is 2.79. The van der Waals surface area contributed by atoms with Crippen LogP contribution in [-0.2, 0) is 9.59 Å². The molecule has 1 aliphatic rings. The second-order valence-electron chi connectivity index (χ2n) is 1.25. The SMILES string of the molecule is O=C=C1NCC1=O. The Hall–Kier alpha value is -1.08. The molecule has 0 amide bonds. The lowest BCUT2D eigenvalue weighted by Crippen LogP contribution is -2.40. The topological polar surface area (TPSA) is 46.2 Å². The second kappa shape index (κ2) is 1.21. The fourth-order valence-corrected chi connectivity index (χ4v) is 0.342. The van der Waals surface area contributed by atoms with Gasteiger partial charge in [-0.1, -0.05) is 0 Å².